The number of rotatable bonds is 1. The molecule has 0 saturated carbocycles. The summed E-state index contributed by atoms with van der Waals surface area (Å²) in [6.07, 6.45) is 0. The van der Waals surface area contributed by atoms with Gasteiger partial charge in [0.25, 0.3) is 5.91 Å². The second kappa shape index (κ2) is 5.06. The van der Waals surface area contributed by atoms with Gasteiger partial charge in [0.05, 0.1) is 10.2 Å². The molecule has 0 aliphatic rings. The Labute approximate surface area is 120 Å². The summed E-state index contributed by atoms with van der Waals surface area (Å²) < 4.78 is 3.08. The summed E-state index contributed by atoms with van der Waals surface area (Å²) >= 11 is 1.53. The summed E-state index contributed by atoms with van der Waals surface area (Å²) in [5.74, 6) is -0.198. The van der Waals surface area contributed by atoms with Gasteiger partial charge in [0.1, 0.15) is 0 Å². The monoisotopic (exact) mass is 282 g/mol. The molecule has 1 heterocycles. The fourth-order valence-corrected chi connectivity index (χ4v) is 3.13. The van der Waals surface area contributed by atoms with Crippen LogP contribution < -0.4 is 4.80 Å². The number of benzene rings is 2. The highest BCUT2D eigenvalue weighted by molar-refractivity contribution is 7.16. The van der Waals surface area contributed by atoms with Crippen molar-refractivity contribution < 1.29 is 4.79 Å². The predicted molar refractivity (Wildman–Crippen MR) is 81.9 cm³/mol. The molecule has 0 spiro atoms. The highest BCUT2D eigenvalue weighted by Crippen LogP contribution is 2.15. The smallest absolute Gasteiger partial charge is 0.279 e. The van der Waals surface area contributed by atoms with Crippen LogP contribution in [0.1, 0.15) is 15.9 Å². The normalized spacial score (nSPS) is 12.0. The molecule has 0 N–H and O–H groups in total. The lowest BCUT2D eigenvalue weighted by Crippen LogP contribution is -2.13. The first kappa shape index (κ1) is 12.8. The van der Waals surface area contributed by atoms with Gasteiger partial charge in [0, 0.05) is 12.6 Å². The van der Waals surface area contributed by atoms with Gasteiger partial charge in [-0.1, -0.05) is 41.2 Å². The molecular weight excluding hydrogens is 268 g/mol. The number of fused-ring (bicyclic) bond motifs is 1. The lowest BCUT2D eigenvalue weighted by Gasteiger charge is -1.97. The van der Waals surface area contributed by atoms with Gasteiger partial charge >= 0.3 is 0 Å². The first-order valence-electron chi connectivity index (χ1n) is 6.35. The maximum Gasteiger partial charge on any atom is 0.279 e. The average molecular weight is 282 g/mol. The second-order valence-corrected chi connectivity index (χ2v) is 5.71. The van der Waals surface area contributed by atoms with E-state index in [0.717, 1.165) is 20.6 Å². The molecule has 3 rings (SSSR count). The summed E-state index contributed by atoms with van der Waals surface area (Å²) in [6, 6.07) is 15.6. The molecule has 0 saturated heterocycles. The largest absolute Gasteiger partial charge is 0.319 e. The average Bonchev–Trinajstić information content (AvgIpc) is 2.76. The molecule has 0 radical (unpaired) electrons. The number of para-hydroxylation sites is 1. The SMILES string of the molecule is Cc1cccc(C(=O)N=c2sc3ccccc3n2C)c1. The van der Waals surface area contributed by atoms with Crippen LogP contribution in [0.25, 0.3) is 10.2 Å². The molecule has 1 amide bonds. The van der Waals surface area contributed by atoms with E-state index in [4.69, 9.17) is 0 Å². The van der Waals surface area contributed by atoms with Crippen molar-refractivity contribution in [3.63, 3.8) is 0 Å². The first-order chi connectivity index (χ1) is 9.65. The molecule has 3 nitrogen and oxygen atoms in total. The van der Waals surface area contributed by atoms with Crippen LogP contribution in [-0.2, 0) is 7.05 Å². The van der Waals surface area contributed by atoms with Gasteiger partial charge < -0.3 is 4.57 Å². The van der Waals surface area contributed by atoms with E-state index in [1.165, 1.54) is 11.3 Å². The van der Waals surface area contributed by atoms with Crippen molar-refractivity contribution in [2.75, 3.05) is 0 Å². The molecule has 1 aromatic heterocycles. The minimum absolute atomic E-state index is 0.198. The molecule has 0 atom stereocenters. The zero-order valence-electron chi connectivity index (χ0n) is 11.3. The van der Waals surface area contributed by atoms with Gasteiger partial charge in [-0.15, -0.1) is 0 Å². The van der Waals surface area contributed by atoms with E-state index in [-0.39, 0.29) is 5.91 Å². The molecule has 100 valence electrons. The number of nitrogens with zero attached hydrogens (tertiary/aromatic N) is 2. The zero-order chi connectivity index (χ0) is 14.1. The van der Waals surface area contributed by atoms with Crippen LogP contribution >= 0.6 is 11.3 Å². The summed E-state index contributed by atoms with van der Waals surface area (Å²) in [5, 5.41) is 0. The van der Waals surface area contributed by atoms with Gasteiger partial charge in [-0.05, 0) is 31.2 Å². The van der Waals surface area contributed by atoms with E-state index in [0.29, 0.717) is 5.56 Å². The lowest BCUT2D eigenvalue weighted by molar-refractivity contribution is 0.0998. The van der Waals surface area contributed by atoms with Crippen LogP contribution in [-0.4, -0.2) is 10.5 Å². The molecule has 20 heavy (non-hydrogen) atoms. The quantitative estimate of drug-likeness (QED) is 0.674. The predicted octanol–water partition coefficient (Wildman–Crippen LogP) is 3.29. The Morgan fingerprint density at radius 3 is 2.70 bits per heavy atom. The third kappa shape index (κ3) is 2.30. The van der Waals surface area contributed by atoms with E-state index < -0.39 is 0 Å². The third-order valence-electron chi connectivity index (χ3n) is 3.18. The van der Waals surface area contributed by atoms with Crippen molar-refractivity contribution in [1.29, 1.82) is 0 Å². The number of carbonyl (C=O) groups is 1. The Kier molecular flexibility index (Phi) is 3.24. The molecule has 2 aromatic carbocycles. The highest BCUT2D eigenvalue weighted by atomic mass is 32.1. The standard InChI is InChI=1S/C16H14N2OS/c1-11-6-5-7-12(10-11)15(19)17-16-18(2)13-8-3-4-9-14(13)20-16/h3-10H,1-2H3. The second-order valence-electron chi connectivity index (χ2n) is 4.70. The van der Waals surface area contributed by atoms with Crippen LogP contribution in [0.15, 0.2) is 53.5 Å². The van der Waals surface area contributed by atoms with Crippen LogP contribution in [0.4, 0.5) is 0 Å². The van der Waals surface area contributed by atoms with Crippen molar-refractivity contribution in [3.8, 4) is 0 Å². The molecule has 0 aliphatic carbocycles. The molecule has 0 bridgehead atoms. The summed E-state index contributed by atoms with van der Waals surface area (Å²) in [6.45, 7) is 1.97. The van der Waals surface area contributed by atoms with Crippen molar-refractivity contribution in [1.82, 2.24) is 4.57 Å². The molecular formula is C16H14N2OS. The first-order valence-corrected chi connectivity index (χ1v) is 7.17. The number of hydrogen-bond acceptors (Lipinski definition) is 2. The van der Waals surface area contributed by atoms with Crippen molar-refractivity contribution in [2.45, 2.75) is 6.92 Å². The molecule has 0 aliphatic heterocycles. The summed E-state index contributed by atoms with van der Waals surface area (Å²) in [4.78, 5) is 17.2. The minimum atomic E-state index is -0.198. The fourth-order valence-electron chi connectivity index (χ4n) is 2.12. The van der Waals surface area contributed by atoms with Crippen molar-refractivity contribution in [3.05, 3.63) is 64.5 Å². The molecule has 4 heteroatoms. The third-order valence-corrected chi connectivity index (χ3v) is 4.29. The number of thiazole rings is 1. The molecule has 0 unspecified atom stereocenters. The number of aryl methyl sites for hydroxylation is 2. The van der Waals surface area contributed by atoms with Crippen LogP contribution in [0.3, 0.4) is 0 Å². The Morgan fingerprint density at radius 2 is 1.95 bits per heavy atom. The topological polar surface area (TPSA) is 34.4 Å². The van der Waals surface area contributed by atoms with Crippen LogP contribution in [0.2, 0.25) is 0 Å². The summed E-state index contributed by atoms with van der Waals surface area (Å²) in [5.41, 5.74) is 2.78. The van der Waals surface area contributed by atoms with Crippen LogP contribution in [0.5, 0.6) is 0 Å². The van der Waals surface area contributed by atoms with Gasteiger partial charge in [0.15, 0.2) is 4.80 Å². The lowest BCUT2D eigenvalue weighted by atomic mass is 10.1. The van der Waals surface area contributed by atoms with E-state index in [2.05, 4.69) is 4.99 Å². The highest BCUT2D eigenvalue weighted by Gasteiger charge is 2.06. The number of hydrogen-bond donors (Lipinski definition) is 0. The van der Waals surface area contributed by atoms with E-state index in [9.17, 15) is 4.79 Å². The Bertz CT molecular complexity index is 858. The van der Waals surface area contributed by atoms with E-state index in [1.54, 1.807) is 6.07 Å². The number of aromatic nitrogens is 1. The van der Waals surface area contributed by atoms with Gasteiger partial charge in [-0.3, -0.25) is 4.79 Å². The molecule has 3 aromatic rings. The Morgan fingerprint density at radius 1 is 1.15 bits per heavy atom. The van der Waals surface area contributed by atoms with Crippen molar-refractivity contribution >= 4 is 27.5 Å². The van der Waals surface area contributed by atoms with Gasteiger partial charge in [-0.2, -0.15) is 4.99 Å². The minimum Gasteiger partial charge on any atom is -0.319 e. The van der Waals surface area contributed by atoms with E-state index >= 15 is 0 Å². The maximum atomic E-state index is 12.2. The number of carbonyl (C=O) groups excluding carboxylic acids is 1. The van der Waals surface area contributed by atoms with Gasteiger partial charge in [0.2, 0.25) is 0 Å². The van der Waals surface area contributed by atoms with E-state index in [1.807, 2.05) is 61.0 Å². The number of amides is 1. The Hall–Kier alpha value is -2.20. The Balaban J connectivity index is 2.10. The summed E-state index contributed by atoms with van der Waals surface area (Å²) in [7, 11) is 1.93. The molecule has 0 fully saturated rings. The maximum absolute atomic E-state index is 12.2. The zero-order valence-corrected chi connectivity index (χ0v) is 12.1. The fraction of sp³-hybridized carbons (Fsp3) is 0.125. The van der Waals surface area contributed by atoms with Crippen molar-refractivity contribution in [2.24, 2.45) is 12.0 Å². The van der Waals surface area contributed by atoms with Gasteiger partial charge in [-0.25, -0.2) is 0 Å². The van der Waals surface area contributed by atoms with Crippen LogP contribution in [0, 0.1) is 6.92 Å².